The maximum Gasteiger partial charge on any atom is 0.148 e. The predicted octanol–water partition coefficient (Wildman–Crippen LogP) is 2.06. The molecule has 0 saturated heterocycles. The molecular formula is C12H21N5. The Morgan fingerprint density at radius 2 is 2.06 bits per heavy atom. The van der Waals surface area contributed by atoms with Crippen LogP contribution in [-0.4, -0.2) is 16.5 Å². The highest BCUT2D eigenvalue weighted by Crippen LogP contribution is 2.43. The Kier molecular flexibility index (Phi) is 3.47. The lowest BCUT2D eigenvalue weighted by atomic mass is 9.67. The summed E-state index contributed by atoms with van der Waals surface area (Å²) in [5.41, 5.74) is 4.04. The van der Waals surface area contributed by atoms with Crippen molar-refractivity contribution in [2.75, 3.05) is 17.3 Å². The van der Waals surface area contributed by atoms with Crippen molar-refractivity contribution >= 4 is 11.6 Å². The third-order valence-corrected chi connectivity index (χ3v) is 4.02. The molecule has 1 saturated carbocycles. The summed E-state index contributed by atoms with van der Waals surface area (Å²) in [6.45, 7) is 5.23. The highest BCUT2D eigenvalue weighted by atomic mass is 15.3. The molecule has 0 radical (unpaired) electrons. The lowest BCUT2D eigenvalue weighted by Crippen LogP contribution is -2.36. The van der Waals surface area contributed by atoms with Crippen LogP contribution in [0.3, 0.4) is 0 Å². The first kappa shape index (κ1) is 12.1. The molecule has 17 heavy (non-hydrogen) atoms. The van der Waals surface area contributed by atoms with Gasteiger partial charge in [0.15, 0.2) is 0 Å². The van der Waals surface area contributed by atoms with Crippen LogP contribution in [0.15, 0.2) is 6.33 Å². The van der Waals surface area contributed by atoms with Crippen LogP contribution in [0.25, 0.3) is 0 Å². The zero-order valence-electron chi connectivity index (χ0n) is 10.6. The Labute approximate surface area is 102 Å². The summed E-state index contributed by atoms with van der Waals surface area (Å²) in [4.78, 5) is 8.33. The Bertz CT molecular complexity index is 381. The molecule has 1 aromatic heterocycles. The Balaban J connectivity index is 2.04. The zero-order valence-corrected chi connectivity index (χ0v) is 10.6. The fraction of sp³-hybridized carbons (Fsp3) is 0.667. The normalized spacial score (nSPS) is 17.4. The monoisotopic (exact) mass is 235 g/mol. The van der Waals surface area contributed by atoms with E-state index < -0.39 is 0 Å². The number of anilines is 2. The van der Waals surface area contributed by atoms with Crippen LogP contribution < -0.4 is 16.6 Å². The summed E-state index contributed by atoms with van der Waals surface area (Å²) >= 11 is 0. The summed E-state index contributed by atoms with van der Waals surface area (Å²) in [7, 11) is 0. The molecule has 1 fully saturated rings. The SMILES string of the molecule is CCC1(CNc2ncnc(NN)c2C)CCC1. The van der Waals surface area contributed by atoms with Crippen molar-refractivity contribution in [2.24, 2.45) is 11.3 Å². The summed E-state index contributed by atoms with van der Waals surface area (Å²) < 4.78 is 0. The van der Waals surface area contributed by atoms with E-state index in [1.54, 1.807) is 0 Å². The fourth-order valence-corrected chi connectivity index (χ4v) is 2.38. The molecule has 5 nitrogen and oxygen atoms in total. The Hall–Kier alpha value is -1.36. The topological polar surface area (TPSA) is 75.9 Å². The maximum absolute atomic E-state index is 5.40. The van der Waals surface area contributed by atoms with Crippen molar-refractivity contribution in [3.8, 4) is 0 Å². The van der Waals surface area contributed by atoms with E-state index >= 15 is 0 Å². The quantitative estimate of drug-likeness (QED) is 0.538. The van der Waals surface area contributed by atoms with Gasteiger partial charge in [-0.1, -0.05) is 13.3 Å². The first-order valence-corrected chi connectivity index (χ1v) is 6.23. The largest absolute Gasteiger partial charge is 0.369 e. The average Bonchev–Trinajstić information content (AvgIpc) is 2.30. The number of hydrogen-bond acceptors (Lipinski definition) is 5. The first-order chi connectivity index (χ1) is 8.21. The van der Waals surface area contributed by atoms with Crippen molar-refractivity contribution in [2.45, 2.75) is 39.5 Å². The average molecular weight is 235 g/mol. The molecule has 0 bridgehead atoms. The molecule has 0 unspecified atom stereocenters. The third-order valence-electron chi connectivity index (χ3n) is 4.02. The predicted molar refractivity (Wildman–Crippen MR) is 69.6 cm³/mol. The van der Waals surface area contributed by atoms with Gasteiger partial charge in [-0.25, -0.2) is 15.8 Å². The standard InChI is InChI=1S/C12H21N5/c1-3-12(5-4-6-12)7-14-10-9(2)11(17-13)16-8-15-10/h8H,3-7,13H2,1-2H3,(H2,14,15,16,17). The van der Waals surface area contributed by atoms with Crippen molar-refractivity contribution < 1.29 is 0 Å². The fourth-order valence-electron chi connectivity index (χ4n) is 2.38. The molecule has 1 aliphatic rings. The number of nitrogens with zero attached hydrogens (tertiary/aromatic N) is 2. The van der Waals surface area contributed by atoms with Crippen molar-refractivity contribution in [1.29, 1.82) is 0 Å². The second-order valence-corrected chi connectivity index (χ2v) is 4.90. The Morgan fingerprint density at radius 3 is 2.59 bits per heavy atom. The van der Waals surface area contributed by atoms with Gasteiger partial charge in [-0.3, -0.25) is 0 Å². The van der Waals surface area contributed by atoms with E-state index in [0.29, 0.717) is 11.2 Å². The molecule has 1 aromatic rings. The number of nitrogen functional groups attached to an aromatic ring is 1. The van der Waals surface area contributed by atoms with Crippen LogP contribution in [0.2, 0.25) is 0 Å². The smallest absolute Gasteiger partial charge is 0.148 e. The van der Waals surface area contributed by atoms with E-state index in [-0.39, 0.29) is 0 Å². The minimum Gasteiger partial charge on any atom is -0.369 e. The van der Waals surface area contributed by atoms with Gasteiger partial charge in [-0.05, 0) is 31.6 Å². The summed E-state index contributed by atoms with van der Waals surface area (Å²) in [6, 6.07) is 0. The van der Waals surface area contributed by atoms with Gasteiger partial charge in [-0.15, -0.1) is 0 Å². The van der Waals surface area contributed by atoms with Gasteiger partial charge >= 0.3 is 0 Å². The molecule has 0 amide bonds. The van der Waals surface area contributed by atoms with Crippen molar-refractivity contribution in [3.63, 3.8) is 0 Å². The van der Waals surface area contributed by atoms with Crippen LogP contribution in [0, 0.1) is 12.3 Å². The molecule has 0 spiro atoms. The summed E-state index contributed by atoms with van der Waals surface area (Å²) in [6.07, 6.45) is 6.76. The van der Waals surface area contributed by atoms with Gasteiger partial charge in [0.25, 0.3) is 0 Å². The van der Waals surface area contributed by atoms with Crippen LogP contribution in [0.5, 0.6) is 0 Å². The number of hydrazine groups is 1. The highest BCUT2D eigenvalue weighted by molar-refractivity contribution is 5.55. The maximum atomic E-state index is 5.40. The molecule has 5 heteroatoms. The van der Waals surface area contributed by atoms with Gasteiger partial charge in [-0.2, -0.15) is 0 Å². The van der Waals surface area contributed by atoms with Crippen LogP contribution >= 0.6 is 0 Å². The number of rotatable bonds is 5. The highest BCUT2D eigenvalue weighted by Gasteiger charge is 2.34. The van der Waals surface area contributed by atoms with Gasteiger partial charge < -0.3 is 10.7 Å². The van der Waals surface area contributed by atoms with E-state index in [9.17, 15) is 0 Å². The van der Waals surface area contributed by atoms with Crippen molar-refractivity contribution in [3.05, 3.63) is 11.9 Å². The second kappa shape index (κ2) is 4.87. The molecule has 4 N–H and O–H groups in total. The van der Waals surface area contributed by atoms with E-state index in [4.69, 9.17) is 5.84 Å². The van der Waals surface area contributed by atoms with E-state index in [0.717, 1.165) is 17.9 Å². The van der Waals surface area contributed by atoms with E-state index in [1.165, 1.54) is 32.0 Å². The second-order valence-electron chi connectivity index (χ2n) is 4.90. The third kappa shape index (κ3) is 2.34. The summed E-state index contributed by atoms with van der Waals surface area (Å²) in [5.74, 6) is 6.96. The van der Waals surface area contributed by atoms with E-state index in [2.05, 4.69) is 27.6 Å². The molecule has 0 aliphatic heterocycles. The van der Waals surface area contributed by atoms with Crippen LogP contribution in [-0.2, 0) is 0 Å². The molecule has 1 heterocycles. The van der Waals surface area contributed by atoms with Gasteiger partial charge in [0.1, 0.15) is 18.0 Å². The van der Waals surface area contributed by atoms with Crippen LogP contribution in [0.4, 0.5) is 11.6 Å². The molecule has 0 aromatic carbocycles. The van der Waals surface area contributed by atoms with Crippen LogP contribution in [0.1, 0.15) is 38.2 Å². The summed E-state index contributed by atoms with van der Waals surface area (Å²) in [5, 5.41) is 3.43. The number of nitrogens with two attached hydrogens (primary N) is 1. The molecular weight excluding hydrogens is 214 g/mol. The molecule has 94 valence electrons. The lowest BCUT2D eigenvalue weighted by molar-refractivity contribution is 0.145. The minimum atomic E-state index is 0.480. The van der Waals surface area contributed by atoms with Crippen molar-refractivity contribution in [1.82, 2.24) is 9.97 Å². The Morgan fingerprint density at radius 1 is 1.35 bits per heavy atom. The number of aromatic nitrogens is 2. The molecule has 1 aliphatic carbocycles. The van der Waals surface area contributed by atoms with Gasteiger partial charge in [0.05, 0.1) is 0 Å². The number of hydrogen-bond donors (Lipinski definition) is 3. The molecule has 0 atom stereocenters. The van der Waals surface area contributed by atoms with Gasteiger partial charge in [0, 0.05) is 12.1 Å². The zero-order chi connectivity index (χ0) is 12.3. The molecule has 2 rings (SSSR count). The lowest BCUT2D eigenvalue weighted by Gasteiger charge is -2.41. The van der Waals surface area contributed by atoms with Gasteiger partial charge in [0.2, 0.25) is 0 Å². The van der Waals surface area contributed by atoms with E-state index in [1.807, 2.05) is 6.92 Å². The minimum absolute atomic E-state index is 0.480. The first-order valence-electron chi connectivity index (χ1n) is 6.23. The number of nitrogens with one attached hydrogen (secondary N) is 2.